The van der Waals surface area contributed by atoms with E-state index in [2.05, 4.69) is 11.4 Å². The summed E-state index contributed by atoms with van der Waals surface area (Å²) in [5.74, 6) is 0. The highest BCUT2D eigenvalue weighted by Gasteiger charge is 2.30. The molecular weight excluding hydrogens is 387 g/mol. The van der Waals surface area contributed by atoms with Gasteiger partial charge in [0.15, 0.2) is 0 Å². The Hall–Kier alpha value is -2.08. The highest BCUT2D eigenvalue weighted by Crippen LogP contribution is 2.30. The van der Waals surface area contributed by atoms with Crippen LogP contribution in [0, 0.1) is 0 Å². The van der Waals surface area contributed by atoms with Crippen LogP contribution in [0.1, 0.15) is 29.7 Å². The molecule has 0 spiro atoms. The van der Waals surface area contributed by atoms with Crippen molar-refractivity contribution in [2.45, 2.75) is 31.7 Å². The van der Waals surface area contributed by atoms with Crippen molar-refractivity contribution in [3.8, 4) is 0 Å². The molecule has 6 heteroatoms. The van der Waals surface area contributed by atoms with E-state index in [0.717, 1.165) is 28.5 Å². The first kappa shape index (κ1) is 22.2. The standard InChI is InChI=1S/C22H22F3NO.ClH/c1-15(20-11-5-8-17-7-2-3-10-21(17)20)26-14-19(27)13-16-6-4-9-18(12-16)22(23,24)25;/h2-12,15,19,26-27H,13-14H2,1H3;1H. The van der Waals surface area contributed by atoms with Crippen LogP contribution >= 0.6 is 12.4 Å². The van der Waals surface area contributed by atoms with Crippen LogP contribution in [-0.2, 0) is 12.6 Å². The third-order valence-corrected chi connectivity index (χ3v) is 4.68. The zero-order valence-corrected chi connectivity index (χ0v) is 16.2. The summed E-state index contributed by atoms with van der Waals surface area (Å²) < 4.78 is 38.4. The Labute approximate surface area is 168 Å². The van der Waals surface area contributed by atoms with Crippen LogP contribution < -0.4 is 5.32 Å². The number of aliphatic hydroxyl groups excluding tert-OH is 1. The number of alkyl halides is 3. The summed E-state index contributed by atoms with van der Waals surface area (Å²) >= 11 is 0. The first-order chi connectivity index (χ1) is 12.8. The quantitative estimate of drug-likeness (QED) is 0.560. The third-order valence-electron chi connectivity index (χ3n) is 4.68. The maximum Gasteiger partial charge on any atom is 0.416 e. The van der Waals surface area contributed by atoms with Crippen molar-refractivity contribution in [2.24, 2.45) is 0 Å². The molecule has 2 nitrogen and oxygen atoms in total. The number of fused-ring (bicyclic) bond motifs is 1. The average molecular weight is 410 g/mol. The lowest BCUT2D eigenvalue weighted by atomic mass is 9.99. The molecule has 150 valence electrons. The van der Waals surface area contributed by atoms with Crippen LogP contribution in [-0.4, -0.2) is 17.8 Å². The Balaban J connectivity index is 0.00000280. The van der Waals surface area contributed by atoms with Crippen LogP contribution in [0.15, 0.2) is 66.7 Å². The zero-order chi connectivity index (χ0) is 19.4. The van der Waals surface area contributed by atoms with E-state index < -0.39 is 17.8 Å². The molecule has 3 rings (SSSR count). The van der Waals surface area contributed by atoms with Gasteiger partial charge in [0.25, 0.3) is 0 Å². The predicted octanol–water partition coefficient (Wildman–Crippen LogP) is 5.53. The largest absolute Gasteiger partial charge is 0.416 e. The van der Waals surface area contributed by atoms with Gasteiger partial charge in [0.1, 0.15) is 0 Å². The van der Waals surface area contributed by atoms with E-state index in [1.54, 1.807) is 6.07 Å². The summed E-state index contributed by atoms with van der Waals surface area (Å²) in [6, 6.07) is 19.3. The van der Waals surface area contributed by atoms with Gasteiger partial charge in [0, 0.05) is 12.6 Å². The summed E-state index contributed by atoms with van der Waals surface area (Å²) in [4.78, 5) is 0. The Bertz CT molecular complexity index is 908. The lowest BCUT2D eigenvalue weighted by Gasteiger charge is -2.19. The molecule has 3 aromatic rings. The summed E-state index contributed by atoms with van der Waals surface area (Å²) in [5.41, 5.74) is 0.903. The van der Waals surface area contributed by atoms with Crippen LogP contribution in [0.25, 0.3) is 10.8 Å². The van der Waals surface area contributed by atoms with Crippen molar-refractivity contribution >= 4 is 23.2 Å². The number of hydrogen-bond acceptors (Lipinski definition) is 2. The topological polar surface area (TPSA) is 32.3 Å². The number of rotatable bonds is 6. The highest BCUT2D eigenvalue weighted by molar-refractivity contribution is 5.86. The number of aliphatic hydroxyl groups is 1. The van der Waals surface area contributed by atoms with E-state index in [-0.39, 0.29) is 24.9 Å². The molecule has 28 heavy (non-hydrogen) atoms. The van der Waals surface area contributed by atoms with E-state index in [4.69, 9.17) is 0 Å². The molecule has 0 bridgehead atoms. The summed E-state index contributed by atoms with van der Waals surface area (Å²) in [7, 11) is 0. The van der Waals surface area contributed by atoms with E-state index in [9.17, 15) is 18.3 Å². The second-order valence-corrected chi connectivity index (χ2v) is 6.75. The molecule has 0 radical (unpaired) electrons. The first-order valence-electron chi connectivity index (χ1n) is 8.90. The van der Waals surface area contributed by atoms with Gasteiger partial charge < -0.3 is 10.4 Å². The van der Waals surface area contributed by atoms with Crippen molar-refractivity contribution in [3.05, 3.63) is 83.4 Å². The summed E-state index contributed by atoms with van der Waals surface area (Å²) in [6.45, 7) is 2.30. The molecule has 0 amide bonds. The van der Waals surface area contributed by atoms with Crippen LogP contribution in [0.3, 0.4) is 0 Å². The Morgan fingerprint density at radius 2 is 1.64 bits per heavy atom. The van der Waals surface area contributed by atoms with Crippen molar-refractivity contribution in [2.75, 3.05) is 6.54 Å². The second-order valence-electron chi connectivity index (χ2n) is 6.75. The molecule has 0 saturated heterocycles. The lowest BCUT2D eigenvalue weighted by molar-refractivity contribution is -0.137. The summed E-state index contributed by atoms with van der Waals surface area (Å²) in [6.07, 6.45) is -4.98. The van der Waals surface area contributed by atoms with Crippen LogP contribution in [0.5, 0.6) is 0 Å². The van der Waals surface area contributed by atoms with Gasteiger partial charge in [-0.2, -0.15) is 13.2 Å². The smallest absolute Gasteiger partial charge is 0.391 e. The fourth-order valence-corrected chi connectivity index (χ4v) is 3.27. The van der Waals surface area contributed by atoms with Crippen LogP contribution in [0.2, 0.25) is 0 Å². The van der Waals surface area contributed by atoms with Crippen molar-refractivity contribution in [1.29, 1.82) is 0 Å². The molecule has 0 aliphatic carbocycles. The Morgan fingerprint density at radius 1 is 0.964 bits per heavy atom. The minimum absolute atomic E-state index is 0. The number of benzene rings is 3. The number of hydrogen-bond donors (Lipinski definition) is 2. The summed E-state index contributed by atoms with van der Waals surface area (Å²) in [5, 5.41) is 15.8. The fourth-order valence-electron chi connectivity index (χ4n) is 3.27. The molecule has 3 aromatic carbocycles. The molecule has 0 aliphatic rings. The minimum Gasteiger partial charge on any atom is -0.391 e. The average Bonchev–Trinajstić information content (AvgIpc) is 2.65. The van der Waals surface area contributed by atoms with E-state index in [1.165, 1.54) is 6.07 Å². The molecule has 0 saturated carbocycles. The van der Waals surface area contributed by atoms with Crippen LogP contribution in [0.4, 0.5) is 13.2 Å². The fraction of sp³-hybridized carbons (Fsp3) is 0.273. The van der Waals surface area contributed by atoms with Gasteiger partial charge in [-0.25, -0.2) is 0 Å². The van der Waals surface area contributed by atoms with Gasteiger partial charge in [0.05, 0.1) is 11.7 Å². The molecule has 0 aromatic heterocycles. The Kier molecular flexibility index (Phi) is 7.47. The molecule has 0 fully saturated rings. The third kappa shape index (κ3) is 5.47. The molecular formula is C22H23ClF3NO. The predicted molar refractivity (Wildman–Crippen MR) is 109 cm³/mol. The number of nitrogens with one attached hydrogen (secondary N) is 1. The van der Waals surface area contributed by atoms with Crippen molar-refractivity contribution in [3.63, 3.8) is 0 Å². The highest BCUT2D eigenvalue weighted by atomic mass is 35.5. The van der Waals surface area contributed by atoms with Gasteiger partial charge in [-0.05, 0) is 41.3 Å². The van der Waals surface area contributed by atoms with E-state index in [1.807, 2.05) is 43.3 Å². The monoisotopic (exact) mass is 409 g/mol. The van der Waals surface area contributed by atoms with Crippen molar-refractivity contribution < 1.29 is 18.3 Å². The molecule has 2 N–H and O–H groups in total. The van der Waals surface area contributed by atoms with Gasteiger partial charge in [0.2, 0.25) is 0 Å². The molecule has 0 heterocycles. The second kappa shape index (κ2) is 9.41. The lowest BCUT2D eigenvalue weighted by Crippen LogP contribution is -2.30. The minimum atomic E-state index is -4.37. The van der Waals surface area contributed by atoms with Gasteiger partial charge in [-0.3, -0.25) is 0 Å². The zero-order valence-electron chi connectivity index (χ0n) is 15.4. The molecule has 0 aliphatic heterocycles. The van der Waals surface area contributed by atoms with E-state index in [0.29, 0.717) is 12.1 Å². The van der Waals surface area contributed by atoms with Gasteiger partial charge in [-0.1, -0.05) is 60.7 Å². The first-order valence-corrected chi connectivity index (χ1v) is 8.90. The van der Waals surface area contributed by atoms with E-state index >= 15 is 0 Å². The Morgan fingerprint density at radius 3 is 2.39 bits per heavy atom. The number of halogens is 4. The van der Waals surface area contributed by atoms with Gasteiger partial charge in [-0.15, -0.1) is 12.4 Å². The molecule has 2 atom stereocenters. The SMILES string of the molecule is CC(NCC(O)Cc1cccc(C(F)(F)F)c1)c1cccc2ccccc12.Cl. The van der Waals surface area contributed by atoms with Gasteiger partial charge >= 0.3 is 6.18 Å². The molecule has 2 unspecified atom stereocenters. The van der Waals surface area contributed by atoms with Crippen molar-refractivity contribution in [1.82, 2.24) is 5.32 Å². The maximum absolute atomic E-state index is 12.8. The normalized spacial score (nSPS) is 13.8. The maximum atomic E-state index is 12.8.